The minimum Gasteiger partial charge on any atom is -0.495 e. The first-order valence-corrected chi connectivity index (χ1v) is 17.9. The number of amides is 2. The fraction of sp³-hybridized carbons (Fsp3) is 0.278. The Hall–Kier alpha value is -3.86. The number of carbonyl (C=O) groups is 2. The fourth-order valence-corrected chi connectivity index (χ4v) is 7.13. The molecule has 4 rings (SSSR count). The van der Waals surface area contributed by atoms with Crippen LogP contribution in [0.1, 0.15) is 36.5 Å². The molecule has 0 bridgehead atoms. The minimum absolute atomic E-state index is 0.00499. The molecule has 8 nitrogen and oxygen atoms in total. The molecule has 0 radical (unpaired) electrons. The molecular weight excluding hydrogens is 702 g/mol. The molecule has 0 aliphatic carbocycles. The maximum atomic E-state index is 14.7. The first-order chi connectivity index (χ1) is 22.5. The third-order valence-electron chi connectivity index (χ3n) is 7.64. The summed E-state index contributed by atoms with van der Waals surface area (Å²) in [4.78, 5) is 30.0. The van der Waals surface area contributed by atoms with Crippen molar-refractivity contribution in [1.82, 2.24) is 10.2 Å². The van der Waals surface area contributed by atoms with Crippen molar-refractivity contribution < 1.29 is 22.7 Å². The van der Waals surface area contributed by atoms with Gasteiger partial charge < -0.3 is 15.0 Å². The number of halogens is 2. The lowest BCUT2D eigenvalue weighted by Gasteiger charge is -2.34. The van der Waals surface area contributed by atoms with Gasteiger partial charge in [0.05, 0.1) is 17.7 Å². The van der Waals surface area contributed by atoms with E-state index in [-0.39, 0.29) is 40.2 Å². The first kappa shape index (κ1) is 36.0. The molecule has 0 unspecified atom stereocenters. The van der Waals surface area contributed by atoms with E-state index in [4.69, 9.17) is 16.3 Å². The number of anilines is 1. The van der Waals surface area contributed by atoms with Crippen LogP contribution in [0.2, 0.25) is 5.02 Å². The van der Waals surface area contributed by atoms with Crippen LogP contribution in [0.3, 0.4) is 0 Å². The highest BCUT2D eigenvalue weighted by Crippen LogP contribution is 2.35. The minimum atomic E-state index is -4.31. The van der Waals surface area contributed by atoms with Crippen molar-refractivity contribution in [2.45, 2.75) is 50.6 Å². The molecule has 2 amide bonds. The summed E-state index contributed by atoms with van der Waals surface area (Å²) in [5, 5.41) is 3.26. The van der Waals surface area contributed by atoms with Crippen molar-refractivity contribution in [2.75, 3.05) is 24.5 Å². The Labute approximate surface area is 290 Å². The Morgan fingerprint density at radius 1 is 0.936 bits per heavy atom. The Morgan fingerprint density at radius 3 is 2.30 bits per heavy atom. The number of benzene rings is 4. The predicted molar refractivity (Wildman–Crippen MR) is 190 cm³/mol. The van der Waals surface area contributed by atoms with Crippen LogP contribution >= 0.6 is 27.5 Å². The number of carbonyl (C=O) groups excluding carboxylic acids is 2. The van der Waals surface area contributed by atoms with Crippen LogP contribution < -0.4 is 14.4 Å². The van der Waals surface area contributed by atoms with Gasteiger partial charge in [-0.3, -0.25) is 13.9 Å². The average molecular weight is 741 g/mol. The Bertz CT molecular complexity index is 1770. The van der Waals surface area contributed by atoms with E-state index in [1.165, 1.54) is 30.2 Å². The lowest BCUT2D eigenvalue weighted by atomic mass is 10.0. The molecule has 47 heavy (non-hydrogen) atoms. The zero-order chi connectivity index (χ0) is 34.0. The topological polar surface area (TPSA) is 96.0 Å². The van der Waals surface area contributed by atoms with Gasteiger partial charge in [0.15, 0.2) is 0 Å². The largest absolute Gasteiger partial charge is 0.495 e. The smallest absolute Gasteiger partial charge is 0.264 e. The van der Waals surface area contributed by atoms with Crippen molar-refractivity contribution in [2.24, 2.45) is 0 Å². The molecule has 0 aromatic heterocycles. The van der Waals surface area contributed by atoms with Crippen molar-refractivity contribution in [3.8, 4) is 5.75 Å². The van der Waals surface area contributed by atoms with E-state index in [0.717, 1.165) is 38.3 Å². The van der Waals surface area contributed by atoms with E-state index in [1.54, 1.807) is 24.3 Å². The number of nitrogens with zero attached hydrogens (tertiary/aromatic N) is 2. The Balaban J connectivity index is 1.84. The van der Waals surface area contributed by atoms with Crippen LogP contribution in [-0.4, -0.2) is 51.4 Å². The van der Waals surface area contributed by atoms with E-state index in [0.29, 0.717) is 6.54 Å². The van der Waals surface area contributed by atoms with Crippen LogP contribution in [0.25, 0.3) is 0 Å². The number of rotatable bonds is 15. The normalized spacial score (nSPS) is 11.9. The molecule has 1 N–H and O–H groups in total. The van der Waals surface area contributed by atoms with Gasteiger partial charge in [0, 0.05) is 29.0 Å². The standard InChI is InChI=1S/C36H39BrClN3O5S/c1-4-5-20-39-36(43)33(22-27-10-7-6-8-11-27)40(24-28-12-9-13-29(37)21-28)35(42)25-41(32-23-30(38)16-19-34(32)46-3)47(44,45)31-17-14-26(2)15-18-31/h6-19,21,23,33H,4-5,20,22,24-25H2,1-3H3,(H,39,43)/t33-/m1/s1. The van der Waals surface area contributed by atoms with E-state index in [9.17, 15) is 18.0 Å². The van der Waals surface area contributed by atoms with Crippen LogP contribution in [0.15, 0.2) is 106 Å². The molecule has 0 aliphatic heterocycles. The van der Waals surface area contributed by atoms with E-state index >= 15 is 0 Å². The molecule has 248 valence electrons. The molecule has 0 saturated heterocycles. The van der Waals surface area contributed by atoms with Gasteiger partial charge in [0.25, 0.3) is 10.0 Å². The highest BCUT2D eigenvalue weighted by molar-refractivity contribution is 9.10. The summed E-state index contributed by atoms with van der Waals surface area (Å²) in [6.07, 6.45) is 1.89. The molecule has 0 heterocycles. The second kappa shape index (κ2) is 16.8. The van der Waals surface area contributed by atoms with Gasteiger partial charge >= 0.3 is 0 Å². The molecular formula is C36H39BrClN3O5S. The average Bonchev–Trinajstić information content (AvgIpc) is 3.05. The summed E-state index contributed by atoms with van der Waals surface area (Å²) in [7, 11) is -2.89. The molecule has 0 fully saturated rings. The van der Waals surface area contributed by atoms with Gasteiger partial charge in [-0.05, 0) is 66.9 Å². The van der Waals surface area contributed by atoms with Gasteiger partial charge in [0.1, 0.15) is 18.3 Å². The molecule has 1 atom stereocenters. The number of hydrogen-bond acceptors (Lipinski definition) is 5. The van der Waals surface area contributed by atoms with Crippen LogP contribution in [0, 0.1) is 6.92 Å². The van der Waals surface area contributed by atoms with Gasteiger partial charge in [-0.15, -0.1) is 0 Å². The second-order valence-electron chi connectivity index (χ2n) is 11.1. The summed E-state index contributed by atoms with van der Waals surface area (Å²) >= 11 is 9.87. The van der Waals surface area contributed by atoms with E-state index in [2.05, 4.69) is 21.2 Å². The number of unbranched alkanes of at least 4 members (excludes halogenated alkanes) is 1. The lowest BCUT2D eigenvalue weighted by Crippen LogP contribution is -2.53. The Morgan fingerprint density at radius 2 is 1.64 bits per heavy atom. The predicted octanol–water partition coefficient (Wildman–Crippen LogP) is 7.17. The van der Waals surface area contributed by atoms with Gasteiger partial charge in [-0.1, -0.05) is 101 Å². The highest BCUT2D eigenvalue weighted by Gasteiger charge is 2.35. The number of aryl methyl sites for hydroxylation is 1. The molecule has 11 heteroatoms. The fourth-order valence-electron chi connectivity index (χ4n) is 5.10. The van der Waals surface area contributed by atoms with Crippen molar-refractivity contribution in [3.63, 3.8) is 0 Å². The van der Waals surface area contributed by atoms with Crippen LogP contribution in [0.4, 0.5) is 5.69 Å². The van der Waals surface area contributed by atoms with Crippen molar-refractivity contribution in [1.29, 1.82) is 0 Å². The third-order valence-corrected chi connectivity index (χ3v) is 10.1. The lowest BCUT2D eigenvalue weighted by molar-refractivity contribution is -0.140. The number of hydrogen-bond donors (Lipinski definition) is 1. The number of methoxy groups -OCH3 is 1. The molecule has 4 aromatic carbocycles. The number of nitrogens with one attached hydrogen (secondary N) is 1. The summed E-state index contributed by atoms with van der Waals surface area (Å²) in [6, 6.07) is 26.9. The highest BCUT2D eigenvalue weighted by atomic mass is 79.9. The van der Waals surface area contributed by atoms with Gasteiger partial charge in [-0.2, -0.15) is 0 Å². The Kier molecular flexibility index (Phi) is 12.9. The van der Waals surface area contributed by atoms with E-state index in [1.807, 2.05) is 68.4 Å². The summed E-state index contributed by atoms with van der Waals surface area (Å²) in [5.41, 5.74) is 2.60. The summed E-state index contributed by atoms with van der Waals surface area (Å²) < 4.78 is 36.0. The zero-order valence-electron chi connectivity index (χ0n) is 26.7. The monoisotopic (exact) mass is 739 g/mol. The third kappa shape index (κ3) is 9.59. The van der Waals surface area contributed by atoms with Crippen molar-refractivity contribution >= 4 is 55.1 Å². The molecule has 4 aromatic rings. The maximum Gasteiger partial charge on any atom is 0.264 e. The molecule has 0 spiro atoms. The number of ether oxygens (including phenoxy) is 1. The molecule has 0 saturated carbocycles. The quantitative estimate of drug-likeness (QED) is 0.131. The van der Waals surface area contributed by atoms with Gasteiger partial charge in [0.2, 0.25) is 11.8 Å². The zero-order valence-corrected chi connectivity index (χ0v) is 29.8. The van der Waals surface area contributed by atoms with Gasteiger partial charge in [-0.25, -0.2) is 8.42 Å². The van der Waals surface area contributed by atoms with E-state index < -0.39 is 28.5 Å². The van der Waals surface area contributed by atoms with Crippen LogP contribution in [0.5, 0.6) is 5.75 Å². The van der Waals surface area contributed by atoms with Crippen molar-refractivity contribution in [3.05, 3.63) is 123 Å². The summed E-state index contributed by atoms with van der Waals surface area (Å²) in [6.45, 7) is 3.78. The second-order valence-corrected chi connectivity index (χ2v) is 14.4. The van der Waals surface area contributed by atoms with Crippen LogP contribution in [-0.2, 0) is 32.6 Å². The SMILES string of the molecule is CCCCNC(=O)[C@@H](Cc1ccccc1)N(Cc1cccc(Br)c1)C(=O)CN(c1cc(Cl)ccc1OC)S(=O)(=O)c1ccc(C)cc1. The summed E-state index contributed by atoms with van der Waals surface area (Å²) in [5.74, 6) is -0.678. The molecule has 0 aliphatic rings. The number of sulfonamides is 1. The first-order valence-electron chi connectivity index (χ1n) is 15.3. The maximum absolute atomic E-state index is 14.7.